The van der Waals surface area contributed by atoms with Gasteiger partial charge >= 0.3 is 0 Å². The molecule has 0 atom stereocenters. The SMILES string of the molecule is CN=C(NCCC1=CCCCC1)NCc1cccc(NC(C)=O)c1. The van der Waals surface area contributed by atoms with Crippen LogP contribution in [0.15, 0.2) is 40.9 Å². The minimum Gasteiger partial charge on any atom is -0.356 e. The standard InChI is InChI=1S/C19H28N4O/c1-15(24)23-18-10-6-9-17(13-18)14-22-19(20-2)21-12-11-16-7-4-3-5-8-16/h6-7,9-10,13H,3-5,8,11-12,14H2,1-2H3,(H,23,24)(H2,20,21,22). The number of carbonyl (C=O) groups is 1. The van der Waals surface area contributed by atoms with Gasteiger partial charge in [-0.3, -0.25) is 9.79 Å². The predicted molar refractivity (Wildman–Crippen MR) is 100 cm³/mol. The number of allylic oxidation sites excluding steroid dienone is 1. The van der Waals surface area contributed by atoms with Crippen molar-refractivity contribution >= 4 is 17.6 Å². The van der Waals surface area contributed by atoms with E-state index in [1.165, 1.54) is 32.6 Å². The van der Waals surface area contributed by atoms with Crippen molar-refractivity contribution in [3.05, 3.63) is 41.5 Å². The third kappa shape index (κ3) is 6.44. The maximum Gasteiger partial charge on any atom is 0.221 e. The number of benzene rings is 1. The lowest BCUT2D eigenvalue weighted by molar-refractivity contribution is -0.114. The summed E-state index contributed by atoms with van der Waals surface area (Å²) in [7, 11) is 1.78. The van der Waals surface area contributed by atoms with Gasteiger partial charge < -0.3 is 16.0 Å². The second kappa shape index (κ2) is 9.75. The molecule has 1 aromatic rings. The molecule has 0 fully saturated rings. The minimum atomic E-state index is -0.0606. The van der Waals surface area contributed by atoms with Crippen LogP contribution in [0.2, 0.25) is 0 Å². The number of nitrogens with zero attached hydrogens (tertiary/aromatic N) is 1. The first kappa shape index (κ1) is 18.0. The smallest absolute Gasteiger partial charge is 0.221 e. The Labute approximate surface area is 144 Å². The van der Waals surface area contributed by atoms with Crippen molar-refractivity contribution < 1.29 is 4.79 Å². The van der Waals surface area contributed by atoms with Crippen molar-refractivity contribution in [1.82, 2.24) is 10.6 Å². The maximum absolute atomic E-state index is 11.1. The van der Waals surface area contributed by atoms with Crippen LogP contribution in [-0.2, 0) is 11.3 Å². The minimum absolute atomic E-state index is 0.0606. The molecule has 0 saturated heterocycles. The number of hydrogen-bond donors (Lipinski definition) is 3. The van der Waals surface area contributed by atoms with Gasteiger partial charge in [-0.1, -0.05) is 23.8 Å². The van der Waals surface area contributed by atoms with Crippen molar-refractivity contribution in [2.24, 2.45) is 4.99 Å². The largest absolute Gasteiger partial charge is 0.356 e. The highest BCUT2D eigenvalue weighted by atomic mass is 16.1. The summed E-state index contributed by atoms with van der Waals surface area (Å²) in [5.41, 5.74) is 3.47. The normalized spacial score (nSPS) is 14.8. The first-order valence-corrected chi connectivity index (χ1v) is 8.66. The van der Waals surface area contributed by atoms with Gasteiger partial charge in [0.1, 0.15) is 0 Å². The van der Waals surface area contributed by atoms with E-state index in [0.717, 1.165) is 30.2 Å². The summed E-state index contributed by atoms with van der Waals surface area (Å²) in [5.74, 6) is 0.742. The van der Waals surface area contributed by atoms with Crippen molar-refractivity contribution in [3.63, 3.8) is 0 Å². The van der Waals surface area contributed by atoms with Gasteiger partial charge in [-0.05, 0) is 49.8 Å². The van der Waals surface area contributed by atoms with Crippen LogP contribution in [0.1, 0.15) is 44.6 Å². The molecular formula is C19H28N4O. The molecule has 1 amide bonds. The first-order chi connectivity index (χ1) is 11.7. The molecule has 1 aromatic carbocycles. The Morgan fingerprint density at radius 1 is 1.25 bits per heavy atom. The van der Waals surface area contributed by atoms with E-state index < -0.39 is 0 Å². The summed E-state index contributed by atoms with van der Waals surface area (Å²) in [5, 5.41) is 9.47. The third-order valence-corrected chi connectivity index (χ3v) is 4.05. The zero-order valence-corrected chi connectivity index (χ0v) is 14.7. The third-order valence-electron chi connectivity index (χ3n) is 4.05. The number of nitrogens with one attached hydrogen (secondary N) is 3. The van der Waals surface area contributed by atoms with Crippen molar-refractivity contribution in [3.8, 4) is 0 Å². The second-order valence-electron chi connectivity index (χ2n) is 6.09. The molecule has 0 aliphatic heterocycles. The van der Waals surface area contributed by atoms with Gasteiger partial charge in [0, 0.05) is 32.7 Å². The van der Waals surface area contributed by atoms with E-state index in [1.807, 2.05) is 24.3 Å². The van der Waals surface area contributed by atoms with Crippen LogP contribution in [-0.4, -0.2) is 25.5 Å². The van der Waals surface area contributed by atoms with E-state index in [4.69, 9.17) is 0 Å². The van der Waals surface area contributed by atoms with Crippen LogP contribution in [0.25, 0.3) is 0 Å². The van der Waals surface area contributed by atoms with Crippen molar-refractivity contribution in [2.75, 3.05) is 18.9 Å². The molecule has 0 radical (unpaired) electrons. The Kier molecular flexibility index (Phi) is 7.33. The van der Waals surface area contributed by atoms with Crippen LogP contribution >= 0.6 is 0 Å². The summed E-state index contributed by atoms with van der Waals surface area (Å²) in [4.78, 5) is 15.4. The average molecular weight is 328 g/mol. The van der Waals surface area contributed by atoms with Gasteiger partial charge in [0.25, 0.3) is 0 Å². The molecule has 1 aliphatic carbocycles. The van der Waals surface area contributed by atoms with E-state index in [9.17, 15) is 4.79 Å². The molecule has 5 heteroatoms. The number of hydrogen-bond acceptors (Lipinski definition) is 2. The fourth-order valence-corrected chi connectivity index (χ4v) is 2.84. The zero-order chi connectivity index (χ0) is 17.2. The summed E-state index contributed by atoms with van der Waals surface area (Å²) >= 11 is 0. The van der Waals surface area contributed by atoms with Crippen LogP contribution in [0.5, 0.6) is 0 Å². The Morgan fingerprint density at radius 3 is 2.83 bits per heavy atom. The fraction of sp³-hybridized carbons (Fsp3) is 0.474. The van der Waals surface area contributed by atoms with Crippen LogP contribution in [0, 0.1) is 0 Å². The molecule has 0 spiro atoms. The zero-order valence-electron chi connectivity index (χ0n) is 14.7. The van der Waals surface area contributed by atoms with Gasteiger partial charge in [0.05, 0.1) is 0 Å². The highest BCUT2D eigenvalue weighted by Gasteiger charge is 2.04. The molecule has 0 unspecified atom stereocenters. The number of guanidine groups is 1. The van der Waals surface area contributed by atoms with E-state index in [-0.39, 0.29) is 5.91 Å². The lowest BCUT2D eigenvalue weighted by Gasteiger charge is -2.15. The summed E-state index contributed by atoms with van der Waals surface area (Å²) in [6.45, 7) is 3.08. The number of amides is 1. The fourth-order valence-electron chi connectivity index (χ4n) is 2.84. The van der Waals surface area contributed by atoms with Crippen molar-refractivity contribution in [2.45, 2.75) is 45.6 Å². The average Bonchev–Trinajstić information content (AvgIpc) is 2.58. The highest BCUT2D eigenvalue weighted by Crippen LogP contribution is 2.19. The molecule has 0 bridgehead atoms. The van der Waals surface area contributed by atoms with Crippen molar-refractivity contribution in [1.29, 1.82) is 0 Å². The Bertz CT molecular complexity index is 607. The van der Waals surface area contributed by atoms with E-state index in [2.05, 4.69) is 27.0 Å². The van der Waals surface area contributed by atoms with Gasteiger partial charge in [0.15, 0.2) is 5.96 Å². The van der Waals surface area contributed by atoms with Crippen LogP contribution in [0.4, 0.5) is 5.69 Å². The molecule has 0 heterocycles. The van der Waals surface area contributed by atoms with Gasteiger partial charge in [0.2, 0.25) is 5.91 Å². The molecular weight excluding hydrogens is 300 g/mol. The monoisotopic (exact) mass is 328 g/mol. The van der Waals surface area contributed by atoms with E-state index >= 15 is 0 Å². The van der Waals surface area contributed by atoms with Gasteiger partial charge in [-0.2, -0.15) is 0 Å². The molecule has 24 heavy (non-hydrogen) atoms. The van der Waals surface area contributed by atoms with Crippen LogP contribution in [0.3, 0.4) is 0 Å². The topological polar surface area (TPSA) is 65.5 Å². The molecule has 0 saturated carbocycles. The Morgan fingerprint density at radius 2 is 2.12 bits per heavy atom. The predicted octanol–water partition coefficient (Wildman–Crippen LogP) is 3.20. The van der Waals surface area contributed by atoms with E-state index in [0.29, 0.717) is 6.54 Å². The summed E-state index contributed by atoms with van der Waals surface area (Å²) in [6.07, 6.45) is 8.59. The molecule has 1 aliphatic rings. The second-order valence-corrected chi connectivity index (χ2v) is 6.09. The lowest BCUT2D eigenvalue weighted by atomic mass is 9.97. The van der Waals surface area contributed by atoms with Crippen LogP contribution < -0.4 is 16.0 Å². The van der Waals surface area contributed by atoms with Gasteiger partial charge in [-0.25, -0.2) is 0 Å². The molecule has 2 rings (SSSR count). The molecule has 130 valence electrons. The first-order valence-electron chi connectivity index (χ1n) is 8.66. The Balaban J connectivity index is 1.76. The number of rotatable bonds is 6. The number of carbonyl (C=O) groups excluding carboxylic acids is 1. The number of anilines is 1. The quantitative estimate of drug-likeness (QED) is 0.427. The molecule has 5 nitrogen and oxygen atoms in total. The summed E-state index contributed by atoms with van der Waals surface area (Å²) in [6, 6.07) is 7.82. The Hall–Kier alpha value is -2.30. The lowest BCUT2D eigenvalue weighted by Crippen LogP contribution is -2.37. The molecule has 0 aromatic heterocycles. The van der Waals surface area contributed by atoms with E-state index in [1.54, 1.807) is 12.6 Å². The van der Waals surface area contributed by atoms with Gasteiger partial charge in [-0.15, -0.1) is 0 Å². The maximum atomic E-state index is 11.1. The summed E-state index contributed by atoms with van der Waals surface area (Å²) < 4.78 is 0. The number of aliphatic imine (C=N–C) groups is 1. The highest BCUT2D eigenvalue weighted by molar-refractivity contribution is 5.88. The molecule has 3 N–H and O–H groups in total.